The van der Waals surface area contributed by atoms with Crippen molar-refractivity contribution in [2.75, 3.05) is 6.54 Å². The van der Waals surface area contributed by atoms with E-state index in [4.69, 9.17) is 5.11 Å². The van der Waals surface area contributed by atoms with Crippen LogP contribution in [0.3, 0.4) is 0 Å². The third kappa shape index (κ3) is 3.49. The summed E-state index contributed by atoms with van der Waals surface area (Å²) in [6, 6.07) is 2.38. The van der Waals surface area contributed by atoms with Crippen LogP contribution in [0, 0.1) is 0 Å². The van der Waals surface area contributed by atoms with E-state index in [1.807, 2.05) is 16.9 Å². The second kappa shape index (κ2) is 6.24. The van der Waals surface area contributed by atoms with E-state index in [1.54, 1.807) is 0 Å². The van der Waals surface area contributed by atoms with Crippen LogP contribution < -0.4 is 5.32 Å². The smallest absolute Gasteiger partial charge is 0.265 e. The molecule has 102 valence electrons. The molecule has 2 rings (SSSR count). The van der Waals surface area contributed by atoms with Gasteiger partial charge in [0.1, 0.15) is 6.10 Å². The lowest BCUT2D eigenvalue weighted by Crippen LogP contribution is -2.31. The van der Waals surface area contributed by atoms with Crippen LogP contribution in [-0.2, 0) is 6.54 Å². The SMILES string of the molecule is OC(CNCc1ccn(C2CCCC2)n1)C(F)F. The zero-order chi connectivity index (χ0) is 13.0. The quantitative estimate of drug-likeness (QED) is 0.817. The Balaban J connectivity index is 1.76. The second-order valence-corrected chi connectivity index (χ2v) is 4.76. The lowest BCUT2D eigenvalue weighted by Gasteiger charge is -2.10. The van der Waals surface area contributed by atoms with Crippen molar-refractivity contribution in [1.29, 1.82) is 0 Å². The average Bonchev–Trinajstić information content (AvgIpc) is 2.98. The van der Waals surface area contributed by atoms with Crippen molar-refractivity contribution in [2.24, 2.45) is 0 Å². The fourth-order valence-corrected chi connectivity index (χ4v) is 2.28. The Morgan fingerprint density at radius 2 is 2.17 bits per heavy atom. The number of aliphatic hydroxyl groups is 1. The molecule has 1 heterocycles. The maximum absolute atomic E-state index is 12.1. The van der Waals surface area contributed by atoms with Crippen LogP contribution in [0.5, 0.6) is 0 Å². The minimum absolute atomic E-state index is 0.117. The third-order valence-corrected chi connectivity index (χ3v) is 3.31. The number of aromatic nitrogens is 2. The Morgan fingerprint density at radius 3 is 2.83 bits per heavy atom. The molecule has 1 aliphatic carbocycles. The fraction of sp³-hybridized carbons (Fsp3) is 0.750. The van der Waals surface area contributed by atoms with Crippen LogP contribution in [0.1, 0.15) is 37.4 Å². The molecule has 0 saturated heterocycles. The van der Waals surface area contributed by atoms with Gasteiger partial charge in [-0.1, -0.05) is 12.8 Å². The van der Waals surface area contributed by atoms with E-state index in [2.05, 4.69) is 10.4 Å². The van der Waals surface area contributed by atoms with Crippen molar-refractivity contribution in [3.8, 4) is 0 Å². The van der Waals surface area contributed by atoms with Crippen molar-refractivity contribution in [3.05, 3.63) is 18.0 Å². The van der Waals surface area contributed by atoms with Crippen molar-refractivity contribution >= 4 is 0 Å². The Morgan fingerprint density at radius 1 is 1.44 bits per heavy atom. The minimum Gasteiger partial charge on any atom is -0.386 e. The highest BCUT2D eigenvalue weighted by atomic mass is 19.3. The molecular formula is C12H19F2N3O. The topological polar surface area (TPSA) is 50.1 Å². The van der Waals surface area contributed by atoms with Crippen LogP contribution in [0.4, 0.5) is 8.78 Å². The summed E-state index contributed by atoms with van der Waals surface area (Å²) in [6.45, 7) is 0.289. The zero-order valence-corrected chi connectivity index (χ0v) is 10.2. The summed E-state index contributed by atoms with van der Waals surface area (Å²) >= 11 is 0. The number of halogens is 2. The number of hydrogen-bond acceptors (Lipinski definition) is 3. The van der Waals surface area contributed by atoms with Gasteiger partial charge in [-0.05, 0) is 18.9 Å². The zero-order valence-electron chi connectivity index (χ0n) is 10.2. The van der Waals surface area contributed by atoms with Gasteiger partial charge >= 0.3 is 0 Å². The van der Waals surface area contributed by atoms with Gasteiger partial charge < -0.3 is 10.4 Å². The normalized spacial score (nSPS) is 18.7. The molecule has 1 aromatic rings. The first-order valence-corrected chi connectivity index (χ1v) is 6.38. The van der Waals surface area contributed by atoms with Gasteiger partial charge in [0.15, 0.2) is 0 Å². The van der Waals surface area contributed by atoms with E-state index in [0.717, 1.165) is 5.69 Å². The van der Waals surface area contributed by atoms with Crippen molar-refractivity contribution < 1.29 is 13.9 Å². The highest BCUT2D eigenvalue weighted by Gasteiger charge is 2.18. The van der Waals surface area contributed by atoms with Gasteiger partial charge in [-0.3, -0.25) is 4.68 Å². The number of nitrogens with zero attached hydrogens (tertiary/aromatic N) is 2. The summed E-state index contributed by atoms with van der Waals surface area (Å²) in [7, 11) is 0. The van der Waals surface area contributed by atoms with Gasteiger partial charge in [-0.25, -0.2) is 8.78 Å². The average molecular weight is 259 g/mol. The first-order chi connectivity index (χ1) is 8.66. The summed E-state index contributed by atoms with van der Waals surface area (Å²) < 4.78 is 26.1. The number of alkyl halides is 2. The summed E-state index contributed by atoms with van der Waals surface area (Å²) in [6.07, 6.45) is 2.46. The fourth-order valence-electron chi connectivity index (χ4n) is 2.28. The summed E-state index contributed by atoms with van der Waals surface area (Å²) in [5.74, 6) is 0. The van der Waals surface area contributed by atoms with Crippen molar-refractivity contribution in [3.63, 3.8) is 0 Å². The molecule has 1 aromatic heterocycles. The highest BCUT2D eigenvalue weighted by molar-refractivity contribution is 5.00. The number of nitrogens with one attached hydrogen (secondary N) is 1. The van der Waals surface area contributed by atoms with E-state index < -0.39 is 12.5 Å². The Bertz CT molecular complexity index is 364. The highest BCUT2D eigenvalue weighted by Crippen LogP contribution is 2.28. The molecule has 1 aliphatic rings. The molecule has 1 saturated carbocycles. The van der Waals surface area contributed by atoms with E-state index in [0.29, 0.717) is 12.6 Å². The van der Waals surface area contributed by atoms with Gasteiger partial charge in [-0.2, -0.15) is 5.10 Å². The molecule has 0 aliphatic heterocycles. The molecular weight excluding hydrogens is 240 g/mol. The van der Waals surface area contributed by atoms with Crippen LogP contribution in [0.15, 0.2) is 12.3 Å². The molecule has 1 atom stereocenters. The Hall–Kier alpha value is -1.01. The van der Waals surface area contributed by atoms with E-state index in [9.17, 15) is 8.78 Å². The summed E-state index contributed by atoms with van der Waals surface area (Å²) in [4.78, 5) is 0. The molecule has 0 bridgehead atoms. The van der Waals surface area contributed by atoms with E-state index in [-0.39, 0.29) is 6.54 Å². The maximum atomic E-state index is 12.1. The lowest BCUT2D eigenvalue weighted by atomic mass is 10.3. The maximum Gasteiger partial charge on any atom is 0.265 e. The van der Waals surface area contributed by atoms with Gasteiger partial charge in [0.25, 0.3) is 6.43 Å². The van der Waals surface area contributed by atoms with Gasteiger partial charge in [0, 0.05) is 19.3 Å². The van der Waals surface area contributed by atoms with Gasteiger partial charge in [0.05, 0.1) is 11.7 Å². The third-order valence-electron chi connectivity index (χ3n) is 3.31. The largest absolute Gasteiger partial charge is 0.386 e. The van der Waals surface area contributed by atoms with Crippen molar-refractivity contribution in [1.82, 2.24) is 15.1 Å². The van der Waals surface area contributed by atoms with Crippen LogP contribution in [0.25, 0.3) is 0 Å². The number of aliphatic hydroxyl groups excluding tert-OH is 1. The lowest BCUT2D eigenvalue weighted by molar-refractivity contribution is -0.00345. The molecule has 1 unspecified atom stereocenters. The molecule has 0 spiro atoms. The van der Waals surface area contributed by atoms with Crippen LogP contribution in [0.2, 0.25) is 0 Å². The minimum atomic E-state index is -2.70. The van der Waals surface area contributed by atoms with Crippen LogP contribution >= 0.6 is 0 Å². The van der Waals surface area contributed by atoms with Crippen LogP contribution in [-0.4, -0.2) is 34.0 Å². The molecule has 6 heteroatoms. The molecule has 18 heavy (non-hydrogen) atoms. The number of hydrogen-bond donors (Lipinski definition) is 2. The molecule has 0 aromatic carbocycles. The standard InChI is InChI=1S/C12H19F2N3O/c13-12(14)11(18)8-15-7-9-5-6-17(16-9)10-3-1-2-4-10/h5-6,10-12,15,18H,1-4,7-8H2. The number of rotatable bonds is 6. The molecule has 0 amide bonds. The Kier molecular flexibility index (Phi) is 4.66. The predicted molar refractivity (Wildman–Crippen MR) is 63.4 cm³/mol. The first-order valence-electron chi connectivity index (χ1n) is 6.38. The van der Waals surface area contributed by atoms with E-state index in [1.165, 1.54) is 25.7 Å². The molecule has 2 N–H and O–H groups in total. The molecule has 0 radical (unpaired) electrons. The summed E-state index contributed by atoms with van der Waals surface area (Å²) in [5, 5.41) is 16.1. The van der Waals surface area contributed by atoms with Gasteiger partial charge in [-0.15, -0.1) is 0 Å². The summed E-state index contributed by atoms with van der Waals surface area (Å²) in [5.41, 5.74) is 0.823. The van der Waals surface area contributed by atoms with E-state index >= 15 is 0 Å². The monoisotopic (exact) mass is 259 g/mol. The molecule has 1 fully saturated rings. The van der Waals surface area contributed by atoms with Crippen molar-refractivity contribution in [2.45, 2.75) is 50.8 Å². The first kappa shape index (κ1) is 13.4. The molecule has 4 nitrogen and oxygen atoms in total. The van der Waals surface area contributed by atoms with Gasteiger partial charge in [0.2, 0.25) is 0 Å². The second-order valence-electron chi connectivity index (χ2n) is 4.76. The Labute approximate surface area is 105 Å². The predicted octanol–water partition coefficient (Wildman–Crippen LogP) is 1.71.